The minimum Gasteiger partial charge on any atom is -0.433 e. The number of hydrogen-bond donors (Lipinski definition) is 1. The van der Waals surface area contributed by atoms with Gasteiger partial charge < -0.3 is 10.1 Å². The normalized spacial score (nSPS) is 13.5. The molecule has 1 aliphatic carbocycles. The molecule has 0 bridgehead atoms. The predicted molar refractivity (Wildman–Crippen MR) is 128 cm³/mol. The summed E-state index contributed by atoms with van der Waals surface area (Å²) >= 11 is 2.68. The van der Waals surface area contributed by atoms with Crippen LogP contribution in [0.3, 0.4) is 0 Å². The summed E-state index contributed by atoms with van der Waals surface area (Å²) in [5.41, 5.74) is 1.16. The Labute approximate surface area is 197 Å². The predicted octanol–water partition coefficient (Wildman–Crippen LogP) is 5.25. The molecule has 0 spiro atoms. The summed E-state index contributed by atoms with van der Waals surface area (Å²) in [5, 5.41) is 3.70. The van der Waals surface area contributed by atoms with E-state index in [1.807, 2.05) is 0 Å². The van der Waals surface area contributed by atoms with Gasteiger partial charge in [-0.2, -0.15) is 8.78 Å². The molecule has 0 saturated heterocycles. The van der Waals surface area contributed by atoms with E-state index in [4.69, 9.17) is 4.98 Å². The number of hydrogen-bond acceptors (Lipinski definition) is 6. The van der Waals surface area contributed by atoms with Crippen LogP contribution in [0.15, 0.2) is 46.9 Å². The standard InChI is InChI=1S/C23H23F2N3O3S2/c1-2-12-28-21(30)19-14-8-4-3-5-11-17(14)33-20(19)27-23(28)32-13-18(29)26-15-9-6-7-10-16(15)31-22(24)25/h2,6-7,9-10,22H,1,3-5,8,11-13H2,(H,26,29). The van der Waals surface area contributed by atoms with Crippen molar-refractivity contribution in [3.63, 3.8) is 0 Å². The van der Waals surface area contributed by atoms with Gasteiger partial charge in [0.1, 0.15) is 10.6 Å². The third-order valence-electron chi connectivity index (χ3n) is 5.31. The molecule has 1 N–H and O–H groups in total. The van der Waals surface area contributed by atoms with Crippen molar-refractivity contribution in [2.75, 3.05) is 11.1 Å². The molecular formula is C23H23F2N3O3S2. The van der Waals surface area contributed by atoms with Crippen molar-refractivity contribution in [2.24, 2.45) is 0 Å². The number of nitrogens with zero attached hydrogens (tertiary/aromatic N) is 2. The summed E-state index contributed by atoms with van der Waals surface area (Å²) in [6, 6.07) is 5.99. The first-order chi connectivity index (χ1) is 16.0. The number of thioether (sulfide) groups is 1. The number of aromatic nitrogens is 2. The highest BCUT2D eigenvalue weighted by atomic mass is 32.2. The fourth-order valence-corrected chi connectivity index (χ4v) is 5.99. The number of alkyl halides is 2. The molecule has 2 heterocycles. The number of ether oxygens (including phenoxy) is 1. The Balaban J connectivity index is 1.57. The molecule has 6 nitrogen and oxygen atoms in total. The molecule has 1 amide bonds. The zero-order valence-electron chi connectivity index (χ0n) is 17.8. The highest BCUT2D eigenvalue weighted by Gasteiger charge is 2.22. The second kappa shape index (κ2) is 10.5. The zero-order chi connectivity index (χ0) is 23.4. The Kier molecular flexibility index (Phi) is 7.44. The number of halogens is 2. The molecular weight excluding hydrogens is 468 g/mol. The molecule has 174 valence electrons. The fraction of sp³-hybridized carbons (Fsp3) is 0.348. The van der Waals surface area contributed by atoms with Crippen LogP contribution in [0.2, 0.25) is 0 Å². The van der Waals surface area contributed by atoms with E-state index in [1.165, 1.54) is 23.1 Å². The molecule has 0 atom stereocenters. The number of anilines is 1. The van der Waals surface area contributed by atoms with Crippen LogP contribution in [0.1, 0.15) is 29.7 Å². The average molecular weight is 492 g/mol. The quantitative estimate of drug-likeness (QED) is 0.202. The monoisotopic (exact) mass is 491 g/mol. The summed E-state index contributed by atoms with van der Waals surface area (Å²) in [4.78, 5) is 32.5. The average Bonchev–Trinajstić information content (AvgIpc) is 2.96. The maximum absolute atomic E-state index is 13.3. The first kappa shape index (κ1) is 23.4. The van der Waals surface area contributed by atoms with E-state index >= 15 is 0 Å². The lowest BCUT2D eigenvalue weighted by atomic mass is 10.1. The van der Waals surface area contributed by atoms with Gasteiger partial charge in [0.25, 0.3) is 5.56 Å². The van der Waals surface area contributed by atoms with Crippen LogP contribution < -0.4 is 15.6 Å². The van der Waals surface area contributed by atoms with Gasteiger partial charge in [0, 0.05) is 11.4 Å². The minimum atomic E-state index is -3.00. The van der Waals surface area contributed by atoms with E-state index in [-0.39, 0.29) is 29.3 Å². The van der Waals surface area contributed by atoms with Gasteiger partial charge in [-0.15, -0.1) is 17.9 Å². The van der Waals surface area contributed by atoms with Gasteiger partial charge in [0.2, 0.25) is 5.91 Å². The van der Waals surface area contributed by atoms with Crippen molar-refractivity contribution in [3.8, 4) is 5.75 Å². The number of amides is 1. The number of nitrogens with one attached hydrogen (secondary N) is 1. The second-order valence-corrected chi connectivity index (χ2v) is 9.58. The van der Waals surface area contributed by atoms with Crippen molar-refractivity contribution in [1.29, 1.82) is 0 Å². The number of allylic oxidation sites excluding steroid dienone is 1. The van der Waals surface area contributed by atoms with E-state index in [2.05, 4.69) is 16.6 Å². The summed E-state index contributed by atoms with van der Waals surface area (Å²) in [6.45, 7) is 1.03. The van der Waals surface area contributed by atoms with Crippen molar-refractivity contribution in [1.82, 2.24) is 9.55 Å². The largest absolute Gasteiger partial charge is 0.433 e. The lowest BCUT2D eigenvalue weighted by Crippen LogP contribution is -2.24. The van der Waals surface area contributed by atoms with Crippen molar-refractivity contribution in [2.45, 2.75) is 50.4 Å². The third kappa shape index (κ3) is 5.27. The molecule has 0 saturated carbocycles. The Morgan fingerprint density at radius 1 is 1.30 bits per heavy atom. The van der Waals surface area contributed by atoms with E-state index < -0.39 is 12.5 Å². The van der Waals surface area contributed by atoms with Crippen molar-refractivity contribution in [3.05, 3.63) is 57.7 Å². The SMILES string of the molecule is C=CCn1c(SCC(=O)Nc2ccccc2OC(F)F)nc2sc3c(c2c1=O)CCCCC3. The Bertz CT molecular complexity index is 1240. The first-order valence-corrected chi connectivity index (χ1v) is 12.4. The highest BCUT2D eigenvalue weighted by Crippen LogP contribution is 2.34. The Morgan fingerprint density at radius 2 is 2.09 bits per heavy atom. The maximum atomic E-state index is 13.3. The molecule has 0 fully saturated rings. The van der Waals surface area contributed by atoms with Crippen LogP contribution in [0.25, 0.3) is 10.2 Å². The van der Waals surface area contributed by atoms with Crippen molar-refractivity contribution >= 4 is 44.9 Å². The molecule has 2 aromatic heterocycles. The topological polar surface area (TPSA) is 73.2 Å². The molecule has 10 heteroatoms. The lowest BCUT2D eigenvalue weighted by molar-refractivity contribution is -0.113. The fourth-order valence-electron chi connectivity index (χ4n) is 3.88. The van der Waals surface area contributed by atoms with E-state index in [9.17, 15) is 18.4 Å². The third-order valence-corrected chi connectivity index (χ3v) is 7.47. The number of benzene rings is 1. The second-order valence-electron chi connectivity index (χ2n) is 7.55. The van der Waals surface area contributed by atoms with Gasteiger partial charge in [0.05, 0.1) is 16.8 Å². The summed E-state index contributed by atoms with van der Waals surface area (Å²) in [7, 11) is 0. The number of para-hydroxylation sites is 2. The van der Waals surface area contributed by atoms with E-state index in [1.54, 1.807) is 28.0 Å². The van der Waals surface area contributed by atoms with Crippen LogP contribution in [0, 0.1) is 0 Å². The van der Waals surface area contributed by atoms with Crippen LogP contribution in [-0.4, -0.2) is 27.8 Å². The minimum absolute atomic E-state index is 0.0524. The van der Waals surface area contributed by atoms with Gasteiger partial charge in [-0.3, -0.25) is 14.2 Å². The van der Waals surface area contributed by atoms with Gasteiger partial charge in [0.15, 0.2) is 5.16 Å². The maximum Gasteiger partial charge on any atom is 0.387 e. The number of rotatable bonds is 8. The van der Waals surface area contributed by atoms with Gasteiger partial charge in [-0.25, -0.2) is 4.98 Å². The number of aryl methyl sites for hydroxylation is 2. The molecule has 0 radical (unpaired) electrons. The van der Waals surface area contributed by atoms with Crippen LogP contribution in [0.4, 0.5) is 14.5 Å². The van der Waals surface area contributed by atoms with Gasteiger partial charge >= 0.3 is 6.61 Å². The Hall–Kier alpha value is -2.72. The van der Waals surface area contributed by atoms with Crippen LogP contribution >= 0.6 is 23.1 Å². The summed E-state index contributed by atoms with van der Waals surface area (Å²) in [6.07, 6.45) is 6.80. The molecule has 1 aromatic carbocycles. The molecule has 0 aliphatic heterocycles. The number of thiophene rings is 1. The van der Waals surface area contributed by atoms with E-state index in [0.29, 0.717) is 15.4 Å². The number of fused-ring (bicyclic) bond motifs is 3. The molecule has 1 aliphatic rings. The van der Waals surface area contributed by atoms with Gasteiger partial charge in [-0.05, 0) is 43.4 Å². The first-order valence-electron chi connectivity index (χ1n) is 10.6. The summed E-state index contributed by atoms with van der Waals surface area (Å²) < 4.78 is 31.2. The molecule has 3 aromatic rings. The van der Waals surface area contributed by atoms with Crippen LogP contribution in [0.5, 0.6) is 5.75 Å². The molecule has 33 heavy (non-hydrogen) atoms. The Morgan fingerprint density at radius 3 is 2.88 bits per heavy atom. The lowest BCUT2D eigenvalue weighted by Gasteiger charge is -2.13. The zero-order valence-corrected chi connectivity index (χ0v) is 19.4. The van der Waals surface area contributed by atoms with Gasteiger partial charge in [-0.1, -0.05) is 36.4 Å². The van der Waals surface area contributed by atoms with E-state index in [0.717, 1.165) is 49.4 Å². The smallest absolute Gasteiger partial charge is 0.387 e. The highest BCUT2D eigenvalue weighted by molar-refractivity contribution is 7.99. The summed E-state index contributed by atoms with van der Waals surface area (Å²) in [5.74, 6) is -0.593. The van der Waals surface area contributed by atoms with Crippen molar-refractivity contribution < 1.29 is 18.3 Å². The molecule has 0 unspecified atom stereocenters. The van der Waals surface area contributed by atoms with Crippen LogP contribution in [-0.2, 0) is 24.2 Å². The molecule has 4 rings (SSSR count). The number of carbonyl (C=O) groups is 1. The number of carbonyl (C=O) groups excluding carboxylic acids is 1.